The van der Waals surface area contributed by atoms with Gasteiger partial charge in [0.15, 0.2) is 0 Å². The second-order valence-corrected chi connectivity index (χ2v) is 7.87. The zero-order chi connectivity index (χ0) is 20.1. The number of benzene rings is 1. The molecule has 0 unspecified atom stereocenters. The molecule has 0 bridgehead atoms. The molecule has 28 heavy (non-hydrogen) atoms. The third-order valence-corrected chi connectivity index (χ3v) is 5.59. The van der Waals surface area contributed by atoms with E-state index in [0.29, 0.717) is 24.5 Å². The van der Waals surface area contributed by atoms with Crippen molar-refractivity contribution < 1.29 is 5.11 Å². The van der Waals surface area contributed by atoms with E-state index in [0.717, 1.165) is 18.4 Å². The van der Waals surface area contributed by atoms with Gasteiger partial charge in [-0.2, -0.15) is 11.3 Å². The van der Waals surface area contributed by atoms with Gasteiger partial charge < -0.3 is 20.6 Å². The van der Waals surface area contributed by atoms with Gasteiger partial charge in [-0.05, 0) is 67.0 Å². The van der Waals surface area contributed by atoms with Crippen molar-refractivity contribution in [2.24, 2.45) is 0 Å². The molecular weight excluding hydrogens is 374 g/mol. The number of hydrogen-bond acceptors (Lipinski definition) is 7. The fourth-order valence-corrected chi connectivity index (χ4v) is 3.76. The standard InChI is InChI=1S/C21H25N3O3S/c1-24(2)16(11-14-3-5-17(25)6-4-14)12-23-19-18(20(26)21(19)27)22-9-7-15-8-10-28-13-15/h3-6,8,10,13,16,22-23,25H,7,9,11-12H2,1-2H3/t16-/m1/s1. The summed E-state index contributed by atoms with van der Waals surface area (Å²) in [7, 11) is 3.96. The fraction of sp³-hybridized carbons (Fsp3) is 0.333. The Balaban J connectivity index is 1.59. The van der Waals surface area contributed by atoms with Crippen LogP contribution in [0, 0.1) is 0 Å². The molecule has 0 saturated carbocycles. The van der Waals surface area contributed by atoms with Crippen LogP contribution < -0.4 is 21.5 Å². The van der Waals surface area contributed by atoms with Gasteiger partial charge in [0.2, 0.25) is 0 Å². The van der Waals surface area contributed by atoms with Crippen LogP contribution in [0.1, 0.15) is 11.1 Å². The van der Waals surface area contributed by atoms with Crippen molar-refractivity contribution in [1.29, 1.82) is 0 Å². The highest BCUT2D eigenvalue weighted by atomic mass is 32.1. The number of nitrogens with one attached hydrogen (secondary N) is 2. The first-order chi connectivity index (χ1) is 13.5. The maximum Gasteiger partial charge on any atom is 0.253 e. The molecule has 6 nitrogen and oxygen atoms in total. The highest BCUT2D eigenvalue weighted by Gasteiger charge is 2.22. The molecule has 0 fully saturated rings. The summed E-state index contributed by atoms with van der Waals surface area (Å²) in [5, 5.41) is 19.8. The van der Waals surface area contributed by atoms with E-state index in [1.807, 2.05) is 31.6 Å². The highest BCUT2D eigenvalue weighted by molar-refractivity contribution is 7.07. The highest BCUT2D eigenvalue weighted by Crippen LogP contribution is 2.17. The lowest BCUT2D eigenvalue weighted by Crippen LogP contribution is -2.42. The molecule has 0 radical (unpaired) electrons. The average Bonchev–Trinajstić information content (AvgIpc) is 3.20. The van der Waals surface area contributed by atoms with Gasteiger partial charge in [-0.1, -0.05) is 12.1 Å². The molecule has 7 heteroatoms. The maximum atomic E-state index is 12.0. The van der Waals surface area contributed by atoms with E-state index in [1.54, 1.807) is 23.5 Å². The van der Waals surface area contributed by atoms with Crippen LogP contribution in [-0.2, 0) is 12.8 Å². The van der Waals surface area contributed by atoms with Crippen molar-refractivity contribution in [2.75, 3.05) is 37.8 Å². The van der Waals surface area contributed by atoms with E-state index in [4.69, 9.17) is 0 Å². The van der Waals surface area contributed by atoms with Gasteiger partial charge in [0.05, 0.1) is 0 Å². The summed E-state index contributed by atoms with van der Waals surface area (Å²) >= 11 is 1.64. The van der Waals surface area contributed by atoms with Crippen molar-refractivity contribution in [2.45, 2.75) is 18.9 Å². The summed E-state index contributed by atoms with van der Waals surface area (Å²) in [5.41, 5.74) is 2.17. The average molecular weight is 400 g/mol. The van der Waals surface area contributed by atoms with Gasteiger partial charge >= 0.3 is 0 Å². The van der Waals surface area contributed by atoms with Crippen molar-refractivity contribution in [3.63, 3.8) is 0 Å². The van der Waals surface area contributed by atoms with Gasteiger partial charge in [-0.25, -0.2) is 0 Å². The smallest absolute Gasteiger partial charge is 0.253 e. The molecule has 3 N–H and O–H groups in total. The Morgan fingerprint density at radius 3 is 2.29 bits per heavy atom. The van der Waals surface area contributed by atoms with Crippen LogP contribution >= 0.6 is 11.3 Å². The fourth-order valence-electron chi connectivity index (χ4n) is 3.06. The lowest BCUT2D eigenvalue weighted by atomic mass is 10.0. The third-order valence-electron chi connectivity index (χ3n) is 4.86. The lowest BCUT2D eigenvalue weighted by Gasteiger charge is -2.26. The van der Waals surface area contributed by atoms with Crippen molar-refractivity contribution in [1.82, 2.24) is 4.90 Å². The molecule has 1 aromatic heterocycles. The van der Waals surface area contributed by atoms with E-state index >= 15 is 0 Å². The van der Waals surface area contributed by atoms with E-state index < -0.39 is 10.9 Å². The molecule has 0 amide bonds. The summed E-state index contributed by atoms with van der Waals surface area (Å²) < 4.78 is 0. The molecule has 0 spiro atoms. The molecule has 3 aromatic rings. The van der Waals surface area contributed by atoms with Crippen LogP contribution in [-0.4, -0.2) is 43.2 Å². The largest absolute Gasteiger partial charge is 0.508 e. The first-order valence-corrected chi connectivity index (χ1v) is 10.2. The van der Waals surface area contributed by atoms with Crippen molar-refractivity contribution in [3.8, 4) is 5.75 Å². The predicted molar refractivity (Wildman–Crippen MR) is 116 cm³/mol. The zero-order valence-corrected chi connectivity index (χ0v) is 16.9. The number of hydrogen-bond donors (Lipinski definition) is 3. The maximum absolute atomic E-state index is 12.0. The number of phenolic OH excluding ortho intramolecular Hbond substituents is 1. The Hall–Kier alpha value is -2.64. The van der Waals surface area contributed by atoms with Gasteiger partial charge in [0, 0.05) is 19.1 Å². The summed E-state index contributed by atoms with van der Waals surface area (Å²) in [6.07, 6.45) is 1.57. The molecule has 2 aromatic carbocycles. The van der Waals surface area contributed by atoms with Crippen LogP contribution in [0.5, 0.6) is 5.75 Å². The van der Waals surface area contributed by atoms with E-state index in [1.165, 1.54) is 5.56 Å². The monoisotopic (exact) mass is 399 g/mol. The molecule has 3 rings (SSSR count). The number of rotatable bonds is 10. The molecule has 0 aliphatic rings. The minimum absolute atomic E-state index is 0.132. The zero-order valence-electron chi connectivity index (χ0n) is 16.1. The van der Waals surface area contributed by atoms with Gasteiger partial charge in [-0.3, -0.25) is 9.59 Å². The minimum atomic E-state index is -0.458. The normalized spacial score (nSPS) is 12.4. The molecule has 148 valence electrons. The summed E-state index contributed by atoms with van der Waals surface area (Å²) in [4.78, 5) is 26.0. The number of anilines is 2. The Morgan fingerprint density at radius 2 is 1.68 bits per heavy atom. The Kier molecular flexibility index (Phi) is 6.49. The Bertz CT molecular complexity index is 958. The first-order valence-electron chi connectivity index (χ1n) is 9.22. The summed E-state index contributed by atoms with van der Waals surface area (Å²) in [5.74, 6) is 0.241. The first kappa shape index (κ1) is 20.1. The number of aromatic hydroxyl groups is 1. The van der Waals surface area contributed by atoms with Crippen LogP contribution in [0.25, 0.3) is 0 Å². The van der Waals surface area contributed by atoms with Crippen LogP contribution in [0.15, 0.2) is 50.7 Å². The van der Waals surface area contributed by atoms with Gasteiger partial charge in [0.25, 0.3) is 10.9 Å². The predicted octanol–water partition coefficient (Wildman–Crippen LogP) is 2.29. The second kappa shape index (κ2) is 9.03. The number of phenols is 1. The van der Waals surface area contributed by atoms with Gasteiger partial charge in [0.1, 0.15) is 17.1 Å². The van der Waals surface area contributed by atoms with Crippen LogP contribution in [0.3, 0.4) is 0 Å². The second-order valence-electron chi connectivity index (χ2n) is 7.09. The molecule has 0 saturated heterocycles. The molecule has 0 aliphatic carbocycles. The minimum Gasteiger partial charge on any atom is -0.508 e. The Labute approximate surface area is 168 Å². The quantitative estimate of drug-likeness (QED) is 0.454. The van der Waals surface area contributed by atoms with Gasteiger partial charge in [-0.15, -0.1) is 0 Å². The van der Waals surface area contributed by atoms with Crippen LogP contribution in [0.2, 0.25) is 0 Å². The van der Waals surface area contributed by atoms with Crippen molar-refractivity contribution >= 4 is 22.7 Å². The van der Waals surface area contributed by atoms with E-state index in [-0.39, 0.29) is 11.8 Å². The summed E-state index contributed by atoms with van der Waals surface area (Å²) in [6, 6.07) is 9.30. The number of likely N-dealkylation sites (N-methyl/N-ethyl adjacent to an activating group) is 1. The molecule has 1 heterocycles. The number of nitrogens with zero attached hydrogens (tertiary/aromatic N) is 1. The number of thiophene rings is 1. The third kappa shape index (κ3) is 4.79. The van der Waals surface area contributed by atoms with Crippen LogP contribution in [0.4, 0.5) is 11.4 Å². The molecule has 0 aliphatic heterocycles. The summed E-state index contributed by atoms with van der Waals surface area (Å²) in [6.45, 7) is 1.15. The van der Waals surface area contributed by atoms with Crippen molar-refractivity contribution in [3.05, 3.63) is 72.7 Å². The Morgan fingerprint density at radius 1 is 1.00 bits per heavy atom. The van der Waals surface area contributed by atoms with E-state index in [2.05, 4.69) is 27.0 Å². The molecular formula is C21H25N3O3S. The topological polar surface area (TPSA) is 81.7 Å². The van der Waals surface area contributed by atoms with E-state index in [9.17, 15) is 14.7 Å². The SMILES string of the molecule is CN(C)[C@@H](CNc1c(NCCc2ccsc2)c(=O)c1=O)Cc1ccc(O)cc1. The molecule has 1 atom stereocenters. The lowest BCUT2D eigenvalue weighted by molar-refractivity contribution is 0.303.